The summed E-state index contributed by atoms with van der Waals surface area (Å²) in [7, 11) is 1.64. The van der Waals surface area contributed by atoms with Crippen molar-refractivity contribution in [2.75, 3.05) is 20.2 Å². The molecule has 0 saturated carbocycles. The average molecular weight is 346 g/mol. The SMILES string of the molecule is Cc1cc(Br)cc(Cl)c1OCC(=O)N(C)CCC#N. The van der Waals surface area contributed by atoms with Crippen LogP contribution in [0.2, 0.25) is 5.02 Å². The number of nitriles is 1. The molecule has 0 aliphatic heterocycles. The highest BCUT2D eigenvalue weighted by Crippen LogP contribution is 2.31. The van der Waals surface area contributed by atoms with Crippen LogP contribution < -0.4 is 4.74 Å². The topological polar surface area (TPSA) is 53.3 Å². The zero-order valence-corrected chi connectivity index (χ0v) is 13.1. The van der Waals surface area contributed by atoms with Crippen LogP contribution in [0.25, 0.3) is 0 Å². The second-order valence-corrected chi connectivity index (χ2v) is 5.37. The van der Waals surface area contributed by atoms with E-state index >= 15 is 0 Å². The normalized spacial score (nSPS) is 9.84. The van der Waals surface area contributed by atoms with Crippen LogP contribution in [0.15, 0.2) is 16.6 Å². The van der Waals surface area contributed by atoms with Gasteiger partial charge in [0.2, 0.25) is 0 Å². The number of nitrogens with zero attached hydrogens (tertiary/aromatic N) is 2. The first kappa shape index (κ1) is 15.8. The number of benzene rings is 1. The van der Waals surface area contributed by atoms with E-state index in [-0.39, 0.29) is 12.5 Å². The second-order valence-electron chi connectivity index (χ2n) is 4.05. The lowest BCUT2D eigenvalue weighted by molar-refractivity contribution is -0.131. The molecule has 0 bridgehead atoms. The fraction of sp³-hybridized carbons (Fsp3) is 0.385. The van der Waals surface area contributed by atoms with E-state index in [0.717, 1.165) is 10.0 Å². The van der Waals surface area contributed by atoms with Crippen molar-refractivity contribution in [2.24, 2.45) is 0 Å². The van der Waals surface area contributed by atoms with Gasteiger partial charge in [0.15, 0.2) is 6.61 Å². The number of carbonyl (C=O) groups excluding carboxylic acids is 1. The molecule has 0 fully saturated rings. The molecule has 102 valence electrons. The van der Waals surface area contributed by atoms with Crippen molar-refractivity contribution in [3.05, 3.63) is 27.2 Å². The van der Waals surface area contributed by atoms with E-state index < -0.39 is 0 Å². The van der Waals surface area contributed by atoms with E-state index in [1.54, 1.807) is 13.1 Å². The Bertz CT molecular complexity index is 491. The number of amides is 1. The van der Waals surface area contributed by atoms with Gasteiger partial charge in [-0.15, -0.1) is 0 Å². The van der Waals surface area contributed by atoms with Crippen LogP contribution in [0, 0.1) is 18.3 Å². The molecule has 0 atom stereocenters. The van der Waals surface area contributed by atoms with Gasteiger partial charge in [-0.3, -0.25) is 4.79 Å². The monoisotopic (exact) mass is 344 g/mol. The fourth-order valence-electron chi connectivity index (χ4n) is 1.46. The van der Waals surface area contributed by atoms with Crippen LogP contribution in [0.5, 0.6) is 5.75 Å². The van der Waals surface area contributed by atoms with Gasteiger partial charge in [-0.05, 0) is 24.6 Å². The first-order valence-corrected chi connectivity index (χ1v) is 6.82. The summed E-state index contributed by atoms with van der Waals surface area (Å²) in [5.74, 6) is 0.320. The van der Waals surface area contributed by atoms with Crippen molar-refractivity contribution in [2.45, 2.75) is 13.3 Å². The first-order valence-electron chi connectivity index (χ1n) is 5.65. The first-order chi connectivity index (χ1) is 8.95. The molecule has 4 nitrogen and oxygen atoms in total. The van der Waals surface area contributed by atoms with Crippen LogP contribution in [0.1, 0.15) is 12.0 Å². The van der Waals surface area contributed by atoms with Crippen LogP contribution in [-0.2, 0) is 4.79 Å². The van der Waals surface area contributed by atoms with Crippen molar-refractivity contribution < 1.29 is 9.53 Å². The number of aryl methyl sites for hydroxylation is 1. The number of hydrogen-bond acceptors (Lipinski definition) is 3. The highest BCUT2D eigenvalue weighted by Gasteiger charge is 2.12. The molecule has 0 spiro atoms. The Balaban J connectivity index is 2.63. The summed E-state index contributed by atoms with van der Waals surface area (Å²) in [6.45, 7) is 2.16. The number of ether oxygens (including phenoxy) is 1. The van der Waals surface area contributed by atoms with E-state index in [0.29, 0.717) is 23.7 Å². The predicted molar refractivity (Wildman–Crippen MR) is 77.3 cm³/mol. The van der Waals surface area contributed by atoms with Crippen molar-refractivity contribution in [1.29, 1.82) is 5.26 Å². The van der Waals surface area contributed by atoms with Gasteiger partial charge in [-0.2, -0.15) is 5.26 Å². The Morgan fingerprint density at radius 1 is 1.58 bits per heavy atom. The highest BCUT2D eigenvalue weighted by molar-refractivity contribution is 9.10. The van der Waals surface area contributed by atoms with Crippen LogP contribution in [-0.4, -0.2) is 31.0 Å². The summed E-state index contributed by atoms with van der Waals surface area (Å²) in [6.07, 6.45) is 0.306. The summed E-state index contributed by atoms with van der Waals surface area (Å²) in [5.41, 5.74) is 0.854. The van der Waals surface area contributed by atoms with Crippen LogP contribution in [0.3, 0.4) is 0 Å². The molecule has 6 heteroatoms. The second kappa shape index (κ2) is 7.37. The minimum atomic E-state index is -0.186. The smallest absolute Gasteiger partial charge is 0.260 e. The summed E-state index contributed by atoms with van der Waals surface area (Å²) < 4.78 is 6.32. The Morgan fingerprint density at radius 2 is 2.26 bits per heavy atom. The minimum Gasteiger partial charge on any atom is -0.482 e. The Morgan fingerprint density at radius 3 is 2.84 bits per heavy atom. The molecule has 1 rings (SSSR count). The van der Waals surface area contributed by atoms with Crippen LogP contribution in [0.4, 0.5) is 0 Å². The maximum absolute atomic E-state index is 11.8. The molecular formula is C13H14BrClN2O2. The van der Waals surface area contributed by atoms with E-state index in [4.69, 9.17) is 21.6 Å². The maximum Gasteiger partial charge on any atom is 0.260 e. The zero-order chi connectivity index (χ0) is 14.4. The number of rotatable bonds is 5. The van der Waals surface area contributed by atoms with E-state index in [1.165, 1.54) is 4.90 Å². The third-order valence-electron chi connectivity index (χ3n) is 2.52. The van der Waals surface area contributed by atoms with Crippen molar-refractivity contribution in [1.82, 2.24) is 4.90 Å². The van der Waals surface area contributed by atoms with Gasteiger partial charge >= 0.3 is 0 Å². The van der Waals surface area contributed by atoms with Gasteiger partial charge in [-0.1, -0.05) is 27.5 Å². The molecule has 0 heterocycles. The van der Waals surface area contributed by atoms with E-state index in [9.17, 15) is 4.79 Å². The third kappa shape index (κ3) is 4.73. The quantitative estimate of drug-likeness (QED) is 0.823. The molecular weight excluding hydrogens is 332 g/mol. The van der Waals surface area contributed by atoms with Crippen LogP contribution >= 0.6 is 27.5 Å². The molecule has 0 aliphatic carbocycles. The lowest BCUT2D eigenvalue weighted by Crippen LogP contribution is -2.32. The number of halogens is 2. The van der Waals surface area contributed by atoms with E-state index in [1.807, 2.05) is 19.1 Å². The van der Waals surface area contributed by atoms with Crippen molar-refractivity contribution in [3.63, 3.8) is 0 Å². The third-order valence-corrected chi connectivity index (χ3v) is 3.26. The van der Waals surface area contributed by atoms with Gasteiger partial charge in [0, 0.05) is 18.1 Å². The Hall–Kier alpha value is -1.25. The molecule has 0 aromatic heterocycles. The summed E-state index contributed by atoms with van der Waals surface area (Å²) in [4.78, 5) is 13.2. The Kier molecular flexibility index (Phi) is 6.13. The van der Waals surface area contributed by atoms with Crippen molar-refractivity contribution in [3.8, 4) is 11.8 Å². The number of carbonyl (C=O) groups is 1. The highest BCUT2D eigenvalue weighted by atomic mass is 79.9. The molecule has 0 aliphatic rings. The maximum atomic E-state index is 11.8. The minimum absolute atomic E-state index is 0.0931. The molecule has 0 N–H and O–H groups in total. The van der Waals surface area contributed by atoms with E-state index in [2.05, 4.69) is 15.9 Å². The van der Waals surface area contributed by atoms with Gasteiger partial charge in [0.05, 0.1) is 17.5 Å². The Labute approximate surface area is 126 Å². The molecule has 0 unspecified atom stereocenters. The molecule has 19 heavy (non-hydrogen) atoms. The van der Waals surface area contributed by atoms with Gasteiger partial charge in [0.1, 0.15) is 5.75 Å². The molecule has 0 radical (unpaired) electrons. The summed E-state index contributed by atoms with van der Waals surface area (Å²) in [5, 5.41) is 8.92. The molecule has 1 aromatic rings. The van der Waals surface area contributed by atoms with Crippen molar-refractivity contribution >= 4 is 33.4 Å². The predicted octanol–water partition coefficient (Wildman–Crippen LogP) is 3.16. The standard InChI is InChI=1S/C13H14BrClN2O2/c1-9-6-10(14)7-11(15)13(9)19-8-12(18)17(2)5-3-4-16/h6-7H,3,5,8H2,1-2H3. The molecule has 0 saturated heterocycles. The number of likely N-dealkylation sites (N-methyl/N-ethyl adjacent to an activating group) is 1. The molecule has 1 amide bonds. The lowest BCUT2D eigenvalue weighted by Gasteiger charge is -2.17. The summed E-state index contributed by atoms with van der Waals surface area (Å²) in [6, 6.07) is 5.57. The van der Waals surface area contributed by atoms with Gasteiger partial charge < -0.3 is 9.64 Å². The zero-order valence-electron chi connectivity index (χ0n) is 10.7. The molecule has 1 aromatic carbocycles. The fourth-order valence-corrected chi connectivity index (χ4v) is 2.48. The average Bonchev–Trinajstić information content (AvgIpc) is 2.34. The number of hydrogen-bond donors (Lipinski definition) is 0. The van der Waals surface area contributed by atoms with Gasteiger partial charge in [0.25, 0.3) is 5.91 Å². The lowest BCUT2D eigenvalue weighted by atomic mass is 10.2. The largest absolute Gasteiger partial charge is 0.482 e. The summed E-state index contributed by atoms with van der Waals surface area (Å²) >= 11 is 9.39. The van der Waals surface area contributed by atoms with Gasteiger partial charge in [-0.25, -0.2) is 0 Å².